The average molecular weight is 261 g/mol. The van der Waals surface area contributed by atoms with E-state index in [9.17, 15) is 9.59 Å². The van der Waals surface area contributed by atoms with E-state index in [0.717, 1.165) is 6.42 Å². The van der Waals surface area contributed by atoms with Crippen LogP contribution in [0.1, 0.15) is 23.8 Å². The Morgan fingerprint density at radius 1 is 1.32 bits per heavy atom. The third-order valence-corrected chi connectivity index (χ3v) is 2.49. The molecule has 0 atom stereocenters. The van der Waals surface area contributed by atoms with E-state index in [1.54, 1.807) is 24.0 Å². The van der Waals surface area contributed by atoms with E-state index in [4.69, 9.17) is 0 Å². The van der Waals surface area contributed by atoms with Crippen molar-refractivity contribution in [3.63, 3.8) is 0 Å². The predicted octanol–water partition coefficient (Wildman–Crippen LogP) is 0.639. The molecule has 1 amide bonds. The number of aromatic nitrogens is 4. The molecule has 2 heterocycles. The molecule has 0 unspecified atom stereocenters. The van der Waals surface area contributed by atoms with Crippen LogP contribution in [0, 0.1) is 0 Å². The van der Waals surface area contributed by atoms with Gasteiger partial charge in [-0.3, -0.25) is 14.3 Å². The first-order valence-corrected chi connectivity index (χ1v) is 5.99. The molecular formula is C12H15N5O2. The number of amides is 1. The maximum atomic E-state index is 12.0. The number of carbonyl (C=O) groups excluding carboxylic acids is 1. The maximum Gasteiger partial charge on any atom is 0.277 e. The van der Waals surface area contributed by atoms with Gasteiger partial charge in [-0.25, -0.2) is 4.68 Å². The summed E-state index contributed by atoms with van der Waals surface area (Å²) in [7, 11) is 1.76. The monoisotopic (exact) mass is 261 g/mol. The van der Waals surface area contributed by atoms with E-state index < -0.39 is 0 Å². The lowest BCUT2D eigenvalue weighted by Gasteiger charge is -2.05. The minimum absolute atomic E-state index is 0.193. The minimum Gasteiger partial charge on any atom is -0.304 e. The Morgan fingerprint density at radius 2 is 2.11 bits per heavy atom. The van der Waals surface area contributed by atoms with E-state index in [2.05, 4.69) is 15.5 Å². The van der Waals surface area contributed by atoms with E-state index in [-0.39, 0.29) is 17.2 Å². The zero-order valence-electron chi connectivity index (χ0n) is 10.8. The molecule has 2 aromatic heterocycles. The second kappa shape index (κ2) is 5.47. The van der Waals surface area contributed by atoms with Crippen molar-refractivity contribution in [1.82, 2.24) is 19.6 Å². The first-order valence-electron chi connectivity index (χ1n) is 5.99. The molecule has 0 saturated heterocycles. The van der Waals surface area contributed by atoms with Crippen molar-refractivity contribution >= 4 is 11.7 Å². The fourth-order valence-corrected chi connectivity index (χ4v) is 1.60. The van der Waals surface area contributed by atoms with Gasteiger partial charge in [-0.15, -0.1) is 0 Å². The summed E-state index contributed by atoms with van der Waals surface area (Å²) in [6.45, 7) is 2.43. The number of carbonyl (C=O) groups is 1. The first-order chi connectivity index (χ1) is 9.10. The van der Waals surface area contributed by atoms with Crippen molar-refractivity contribution in [2.24, 2.45) is 7.05 Å². The second-order valence-electron chi connectivity index (χ2n) is 4.11. The molecule has 1 N–H and O–H groups in total. The van der Waals surface area contributed by atoms with Crippen molar-refractivity contribution in [3.8, 4) is 0 Å². The third kappa shape index (κ3) is 3.06. The Labute approximate surface area is 109 Å². The van der Waals surface area contributed by atoms with Gasteiger partial charge in [0.2, 0.25) is 0 Å². The molecule has 0 aliphatic heterocycles. The van der Waals surface area contributed by atoms with Gasteiger partial charge in [-0.1, -0.05) is 6.92 Å². The molecule has 0 spiro atoms. The summed E-state index contributed by atoms with van der Waals surface area (Å²) in [5.74, 6) is 0.0612. The molecule has 0 saturated carbocycles. The molecule has 0 radical (unpaired) electrons. The summed E-state index contributed by atoms with van der Waals surface area (Å²) < 4.78 is 2.87. The van der Waals surface area contributed by atoms with Gasteiger partial charge in [0.15, 0.2) is 5.82 Å². The number of rotatable bonds is 4. The summed E-state index contributed by atoms with van der Waals surface area (Å²) in [6, 6.07) is 4.43. The van der Waals surface area contributed by atoms with Crippen molar-refractivity contribution < 1.29 is 4.79 Å². The molecule has 0 bridgehead atoms. The van der Waals surface area contributed by atoms with Crippen LogP contribution in [0.4, 0.5) is 5.82 Å². The lowest BCUT2D eigenvalue weighted by atomic mass is 10.3. The number of nitrogens with zero attached hydrogens (tertiary/aromatic N) is 4. The molecule has 7 heteroatoms. The highest BCUT2D eigenvalue weighted by Gasteiger charge is 2.10. The van der Waals surface area contributed by atoms with Crippen molar-refractivity contribution in [1.29, 1.82) is 0 Å². The standard InChI is InChI=1S/C12H15N5O2/c1-3-7-17-11(18)5-4-9(14-17)12(19)13-10-6-8-16(2)15-10/h4-6,8H,3,7H2,1-2H3,(H,13,15,19). The number of hydrogen-bond donors (Lipinski definition) is 1. The van der Waals surface area contributed by atoms with Crippen LogP contribution >= 0.6 is 0 Å². The predicted molar refractivity (Wildman–Crippen MR) is 69.9 cm³/mol. The SMILES string of the molecule is CCCn1nc(C(=O)Nc2ccn(C)n2)ccc1=O. The molecular weight excluding hydrogens is 246 g/mol. The molecule has 0 aliphatic rings. The smallest absolute Gasteiger partial charge is 0.277 e. The second-order valence-corrected chi connectivity index (χ2v) is 4.11. The number of hydrogen-bond acceptors (Lipinski definition) is 4. The highest BCUT2D eigenvalue weighted by Crippen LogP contribution is 2.03. The van der Waals surface area contributed by atoms with Crippen LogP contribution in [0.25, 0.3) is 0 Å². The molecule has 19 heavy (non-hydrogen) atoms. The Bertz CT molecular complexity index is 644. The largest absolute Gasteiger partial charge is 0.304 e. The van der Waals surface area contributed by atoms with Gasteiger partial charge < -0.3 is 5.32 Å². The Kier molecular flexibility index (Phi) is 3.74. The average Bonchev–Trinajstić information content (AvgIpc) is 2.77. The molecule has 7 nitrogen and oxygen atoms in total. The molecule has 2 rings (SSSR count). The van der Waals surface area contributed by atoms with Crippen LogP contribution in [-0.2, 0) is 13.6 Å². The number of nitrogens with one attached hydrogen (secondary N) is 1. The van der Waals surface area contributed by atoms with E-state index in [1.807, 2.05) is 6.92 Å². The van der Waals surface area contributed by atoms with E-state index >= 15 is 0 Å². The quantitative estimate of drug-likeness (QED) is 0.875. The summed E-state index contributed by atoms with van der Waals surface area (Å²) in [6.07, 6.45) is 2.50. The minimum atomic E-state index is -0.386. The number of anilines is 1. The van der Waals surface area contributed by atoms with E-state index in [0.29, 0.717) is 12.4 Å². The topological polar surface area (TPSA) is 81.8 Å². The normalized spacial score (nSPS) is 10.4. The fraction of sp³-hybridized carbons (Fsp3) is 0.333. The van der Waals surface area contributed by atoms with Crippen LogP contribution in [-0.4, -0.2) is 25.5 Å². The van der Waals surface area contributed by atoms with Gasteiger partial charge in [-0.05, 0) is 12.5 Å². The van der Waals surface area contributed by atoms with Gasteiger partial charge in [0.25, 0.3) is 11.5 Å². The molecule has 0 fully saturated rings. The van der Waals surface area contributed by atoms with Crippen LogP contribution in [0.2, 0.25) is 0 Å². The van der Waals surface area contributed by atoms with Gasteiger partial charge in [0.05, 0.1) is 0 Å². The van der Waals surface area contributed by atoms with Crippen molar-refractivity contribution in [2.75, 3.05) is 5.32 Å². The summed E-state index contributed by atoms with van der Waals surface area (Å²) in [5, 5.41) is 10.7. The number of aryl methyl sites for hydroxylation is 2. The Morgan fingerprint density at radius 3 is 2.74 bits per heavy atom. The zero-order chi connectivity index (χ0) is 13.8. The first kappa shape index (κ1) is 13.0. The van der Waals surface area contributed by atoms with Gasteiger partial charge in [-0.2, -0.15) is 10.2 Å². The summed E-state index contributed by atoms with van der Waals surface area (Å²) in [5.41, 5.74) is -0.0186. The summed E-state index contributed by atoms with van der Waals surface area (Å²) >= 11 is 0. The van der Waals surface area contributed by atoms with E-state index in [1.165, 1.54) is 16.8 Å². The lowest BCUT2D eigenvalue weighted by Crippen LogP contribution is -2.26. The highest BCUT2D eigenvalue weighted by molar-refractivity contribution is 6.02. The molecule has 2 aromatic rings. The van der Waals surface area contributed by atoms with Crippen LogP contribution < -0.4 is 10.9 Å². The van der Waals surface area contributed by atoms with Crippen LogP contribution in [0.15, 0.2) is 29.2 Å². The summed E-state index contributed by atoms with van der Waals surface area (Å²) in [4.78, 5) is 23.5. The molecule has 0 aliphatic carbocycles. The van der Waals surface area contributed by atoms with Gasteiger partial charge in [0, 0.05) is 31.9 Å². The lowest BCUT2D eigenvalue weighted by molar-refractivity contribution is 0.101. The molecule has 100 valence electrons. The van der Waals surface area contributed by atoms with Gasteiger partial charge >= 0.3 is 0 Å². The van der Waals surface area contributed by atoms with Crippen molar-refractivity contribution in [2.45, 2.75) is 19.9 Å². The van der Waals surface area contributed by atoms with Gasteiger partial charge in [0.1, 0.15) is 5.69 Å². The molecule has 0 aromatic carbocycles. The zero-order valence-corrected chi connectivity index (χ0v) is 10.8. The Balaban J connectivity index is 2.19. The maximum absolute atomic E-state index is 12.0. The highest BCUT2D eigenvalue weighted by atomic mass is 16.2. The Hall–Kier alpha value is -2.44. The van der Waals surface area contributed by atoms with Crippen molar-refractivity contribution in [3.05, 3.63) is 40.4 Å². The third-order valence-electron chi connectivity index (χ3n) is 2.49. The van der Waals surface area contributed by atoms with Crippen LogP contribution in [0.3, 0.4) is 0 Å². The van der Waals surface area contributed by atoms with Crippen LogP contribution in [0.5, 0.6) is 0 Å². The fourth-order valence-electron chi connectivity index (χ4n) is 1.60.